The summed E-state index contributed by atoms with van der Waals surface area (Å²) >= 11 is 3.48. The predicted octanol–water partition coefficient (Wildman–Crippen LogP) is 2.06. The van der Waals surface area contributed by atoms with Crippen molar-refractivity contribution in [1.82, 2.24) is 0 Å². The van der Waals surface area contributed by atoms with Crippen molar-refractivity contribution in [1.29, 1.82) is 0 Å². The molecule has 1 aromatic carbocycles. The van der Waals surface area contributed by atoms with Crippen LogP contribution in [-0.2, 0) is 0 Å². The quantitative estimate of drug-likeness (QED) is 0.836. The molecule has 1 atom stereocenters. The molecule has 3 N–H and O–H groups in total. The summed E-state index contributed by atoms with van der Waals surface area (Å²) in [5.74, 6) is 0. The average molecular weight is 244 g/mol. The number of benzene rings is 1. The third kappa shape index (κ3) is 2.30. The molecule has 0 saturated carbocycles. The molecule has 0 aromatic heterocycles. The molecule has 0 aliphatic heterocycles. The van der Waals surface area contributed by atoms with Gasteiger partial charge in [0, 0.05) is 4.47 Å². The van der Waals surface area contributed by atoms with E-state index >= 15 is 0 Å². The Hall–Kier alpha value is -0.380. The number of halogens is 1. The van der Waals surface area contributed by atoms with Crippen molar-refractivity contribution in [2.45, 2.75) is 19.9 Å². The lowest BCUT2D eigenvalue weighted by Crippen LogP contribution is -2.14. The van der Waals surface area contributed by atoms with E-state index in [4.69, 9.17) is 10.8 Å². The van der Waals surface area contributed by atoms with Crippen LogP contribution in [0.4, 0.5) is 0 Å². The first-order valence-electron chi connectivity index (χ1n) is 4.19. The lowest BCUT2D eigenvalue weighted by Gasteiger charge is -2.12. The third-order valence-electron chi connectivity index (χ3n) is 2.08. The Labute approximate surface area is 86.9 Å². The highest BCUT2D eigenvalue weighted by Crippen LogP contribution is 2.24. The van der Waals surface area contributed by atoms with Gasteiger partial charge in [-0.25, -0.2) is 0 Å². The number of hydrogen-bond acceptors (Lipinski definition) is 2. The lowest BCUT2D eigenvalue weighted by atomic mass is 10.0. The van der Waals surface area contributed by atoms with Crippen LogP contribution in [0.5, 0.6) is 0 Å². The van der Waals surface area contributed by atoms with Gasteiger partial charge in [0.15, 0.2) is 0 Å². The number of aliphatic hydroxyl groups excluding tert-OH is 1. The summed E-state index contributed by atoms with van der Waals surface area (Å²) in [7, 11) is 0. The van der Waals surface area contributed by atoms with E-state index in [0.717, 1.165) is 21.2 Å². The van der Waals surface area contributed by atoms with Crippen LogP contribution in [-0.4, -0.2) is 11.7 Å². The van der Waals surface area contributed by atoms with Crippen molar-refractivity contribution in [3.63, 3.8) is 0 Å². The second-order valence-corrected chi connectivity index (χ2v) is 4.05. The van der Waals surface area contributed by atoms with E-state index in [-0.39, 0.29) is 12.6 Å². The predicted molar refractivity (Wildman–Crippen MR) is 57.6 cm³/mol. The van der Waals surface area contributed by atoms with Crippen molar-refractivity contribution >= 4 is 15.9 Å². The molecule has 0 radical (unpaired) electrons. The molecule has 0 unspecified atom stereocenters. The normalized spacial score (nSPS) is 13.0. The van der Waals surface area contributed by atoms with Gasteiger partial charge in [0.1, 0.15) is 0 Å². The molecule has 2 nitrogen and oxygen atoms in total. The summed E-state index contributed by atoms with van der Waals surface area (Å²) in [4.78, 5) is 0. The molecule has 0 spiro atoms. The molecule has 0 bridgehead atoms. The van der Waals surface area contributed by atoms with Gasteiger partial charge in [0.25, 0.3) is 0 Å². The Morgan fingerprint density at radius 2 is 1.85 bits per heavy atom. The zero-order chi connectivity index (χ0) is 10.0. The molecule has 72 valence electrons. The van der Waals surface area contributed by atoms with Gasteiger partial charge in [-0.2, -0.15) is 0 Å². The van der Waals surface area contributed by atoms with Crippen LogP contribution in [0.3, 0.4) is 0 Å². The van der Waals surface area contributed by atoms with Crippen molar-refractivity contribution in [2.24, 2.45) is 5.73 Å². The maximum atomic E-state index is 8.90. The standard InChI is InChI=1S/C10H14BrNO/c1-6-3-8(9(12)5-13)4-7(2)10(6)11/h3-4,9,13H,5,12H2,1-2H3/t9-/m0/s1. The highest BCUT2D eigenvalue weighted by Gasteiger charge is 2.07. The van der Waals surface area contributed by atoms with Crippen LogP contribution in [0.1, 0.15) is 22.7 Å². The van der Waals surface area contributed by atoms with Gasteiger partial charge in [-0.3, -0.25) is 0 Å². The first-order valence-corrected chi connectivity index (χ1v) is 4.98. The maximum absolute atomic E-state index is 8.90. The van der Waals surface area contributed by atoms with Crippen LogP contribution >= 0.6 is 15.9 Å². The van der Waals surface area contributed by atoms with Crippen molar-refractivity contribution in [3.8, 4) is 0 Å². The summed E-state index contributed by atoms with van der Waals surface area (Å²) in [5.41, 5.74) is 9.01. The highest BCUT2D eigenvalue weighted by molar-refractivity contribution is 9.10. The van der Waals surface area contributed by atoms with Crippen molar-refractivity contribution in [2.75, 3.05) is 6.61 Å². The molecule has 1 aromatic rings. The minimum absolute atomic E-state index is 0.0134. The smallest absolute Gasteiger partial charge is 0.0624 e. The van der Waals surface area contributed by atoms with Crippen LogP contribution in [0, 0.1) is 13.8 Å². The molecular formula is C10H14BrNO. The van der Waals surface area contributed by atoms with Gasteiger partial charge < -0.3 is 10.8 Å². The minimum atomic E-state index is -0.273. The van der Waals surface area contributed by atoms with E-state index in [1.165, 1.54) is 0 Å². The van der Waals surface area contributed by atoms with Crippen molar-refractivity contribution < 1.29 is 5.11 Å². The SMILES string of the molecule is Cc1cc([C@@H](N)CO)cc(C)c1Br. The zero-order valence-electron chi connectivity index (χ0n) is 7.84. The summed E-state index contributed by atoms with van der Waals surface area (Å²) in [5, 5.41) is 8.90. The van der Waals surface area contributed by atoms with Gasteiger partial charge in [-0.15, -0.1) is 0 Å². The van der Waals surface area contributed by atoms with Crippen molar-refractivity contribution in [3.05, 3.63) is 33.3 Å². The summed E-state index contributed by atoms with van der Waals surface area (Å²) < 4.78 is 1.11. The minimum Gasteiger partial charge on any atom is -0.394 e. The highest BCUT2D eigenvalue weighted by atomic mass is 79.9. The van der Waals surface area contributed by atoms with E-state index in [0.29, 0.717) is 0 Å². The van der Waals surface area contributed by atoms with Crippen LogP contribution < -0.4 is 5.73 Å². The van der Waals surface area contributed by atoms with Crippen LogP contribution in [0.2, 0.25) is 0 Å². The molecular weight excluding hydrogens is 230 g/mol. The summed E-state index contributed by atoms with van der Waals surface area (Å²) in [6, 6.07) is 3.72. The summed E-state index contributed by atoms with van der Waals surface area (Å²) in [6.07, 6.45) is 0. The zero-order valence-corrected chi connectivity index (χ0v) is 9.43. The van der Waals surface area contributed by atoms with Gasteiger partial charge in [-0.1, -0.05) is 28.1 Å². The number of aryl methyl sites for hydroxylation is 2. The average Bonchev–Trinajstić information content (AvgIpc) is 2.12. The maximum Gasteiger partial charge on any atom is 0.0624 e. The Kier molecular flexibility index (Phi) is 3.47. The molecule has 0 fully saturated rings. The Bertz CT molecular complexity index is 289. The van der Waals surface area contributed by atoms with E-state index in [9.17, 15) is 0 Å². The van der Waals surface area contributed by atoms with E-state index in [1.807, 2.05) is 26.0 Å². The van der Waals surface area contributed by atoms with Crippen LogP contribution in [0.25, 0.3) is 0 Å². The van der Waals surface area contributed by atoms with Gasteiger partial charge in [-0.05, 0) is 30.5 Å². The molecule has 0 aliphatic rings. The fourth-order valence-electron chi connectivity index (χ4n) is 1.30. The molecule has 0 aliphatic carbocycles. The lowest BCUT2D eigenvalue weighted by molar-refractivity contribution is 0.268. The molecule has 0 amide bonds. The Balaban J connectivity index is 3.13. The number of hydrogen-bond donors (Lipinski definition) is 2. The van der Waals surface area contributed by atoms with E-state index in [2.05, 4.69) is 15.9 Å². The monoisotopic (exact) mass is 243 g/mol. The van der Waals surface area contributed by atoms with Gasteiger partial charge >= 0.3 is 0 Å². The van der Waals surface area contributed by atoms with E-state index < -0.39 is 0 Å². The Morgan fingerprint density at radius 3 is 2.23 bits per heavy atom. The molecule has 3 heteroatoms. The molecule has 13 heavy (non-hydrogen) atoms. The topological polar surface area (TPSA) is 46.2 Å². The largest absolute Gasteiger partial charge is 0.394 e. The second kappa shape index (κ2) is 4.22. The van der Waals surface area contributed by atoms with E-state index in [1.54, 1.807) is 0 Å². The molecule has 0 saturated heterocycles. The first kappa shape index (κ1) is 10.7. The fourth-order valence-corrected chi connectivity index (χ4v) is 1.53. The number of aliphatic hydroxyl groups is 1. The summed E-state index contributed by atoms with van der Waals surface area (Å²) in [6.45, 7) is 4.02. The molecule has 0 heterocycles. The Morgan fingerprint density at radius 1 is 1.38 bits per heavy atom. The number of nitrogens with two attached hydrogens (primary N) is 1. The first-order chi connectivity index (χ1) is 6.06. The number of rotatable bonds is 2. The fraction of sp³-hybridized carbons (Fsp3) is 0.400. The third-order valence-corrected chi connectivity index (χ3v) is 3.33. The molecule has 1 rings (SSSR count). The van der Waals surface area contributed by atoms with Gasteiger partial charge in [0.05, 0.1) is 12.6 Å². The van der Waals surface area contributed by atoms with Crippen LogP contribution in [0.15, 0.2) is 16.6 Å². The second-order valence-electron chi connectivity index (χ2n) is 3.26. The van der Waals surface area contributed by atoms with Gasteiger partial charge in [0.2, 0.25) is 0 Å².